The molecule has 1 aliphatic carbocycles. The molecule has 0 unspecified atom stereocenters. The van der Waals surface area contributed by atoms with Gasteiger partial charge in [0.2, 0.25) is 12.2 Å². The average molecular weight is 927 g/mol. The Morgan fingerprint density at radius 1 is 0.723 bits per heavy atom. The Morgan fingerprint density at radius 2 is 1.32 bits per heavy atom. The van der Waals surface area contributed by atoms with E-state index < -0.39 is 36.1 Å². The van der Waals surface area contributed by atoms with Gasteiger partial charge in [-0.1, -0.05) is 83.9 Å². The SMILES string of the molecule is COC(=O)c1ccc2c(c1)CCCC(c1ccc(Cl)cc1Cl)=C2c1ccc(O[C@H]2CCN(CCCF)C2)cc1.O=C(O[C@H](C(=O)O)[C@H](OC(=O)c1ccccc1)C(=O)O)c1ccccc1. The molecule has 7 rings (SSSR count). The second-order valence-electron chi connectivity index (χ2n) is 15.2. The van der Waals surface area contributed by atoms with Crippen LogP contribution in [-0.4, -0.2) is 96.7 Å². The molecule has 338 valence electrons. The number of ether oxygens (including phenoxy) is 4. The van der Waals surface area contributed by atoms with Crippen molar-refractivity contribution in [3.05, 3.63) is 170 Å². The van der Waals surface area contributed by atoms with E-state index in [0.717, 1.165) is 84.5 Å². The molecule has 0 aromatic heterocycles. The van der Waals surface area contributed by atoms with Crippen molar-refractivity contribution in [2.45, 2.75) is 50.4 Å². The van der Waals surface area contributed by atoms with E-state index in [0.29, 0.717) is 22.0 Å². The van der Waals surface area contributed by atoms with Crippen LogP contribution >= 0.6 is 23.2 Å². The zero-order valence-corrected chi connectivity index (χ0v) is 36.8. The second kappa shape index (κ2) is 22.9. The molecule has 0 spiro atoms. The van der Waals surface area contributed by atoms with E-state index in [4.69, 9.17) is 42.1 Å². The van der Waals surface area contributed by atoms with Crippen LogP contribution in [-0.2, 0) is 30.2 Å². The molecule has 0 saturated carbocycles. The number of hydrogen-bond donors (Lipinski definition) is 2. The van der Waals surface area contributed by atoms with Crippen LogP contribution in [0.5, 0.6) is 5.75 Å². The third kappa shape index (κ3) is 12.6. The quantitative estimate of drug-likeness (QED) is 0.0756. The van der Waals surface area contributed by atoms with Gasteiger partial charge >= 0.3 is 29.8 Å². The predicted octanol–water partition coefficient (Wildman–Crippen LogP) is 9.49. The molecule has 5 aromatic carbocycles. The van der Waals surface area contributed by atoms with Crippen molar-refractivity contribution in [2.75, 3.05) is 33.4 Å². The number of nitrogens with zero attached hydrogens (tertiary/aromatic N) is 1. The van der Waals surface area contributed by atoms with Gasteiger partial charge in [0.15, 0.2) is 0 Å². The van der Waals surface area contributed by atoms with Gasteiger partial charge in [-0.25, -0.2) is 24.0 Å². The topological polar surface area (TPSA) is 166 Å². The Kier molecular flexibility index (Phi) is 16.9. The van der Waals surface area contributed by atoms with E-state index >= 15 is 0 Å². The number of carbonyl (C=O) groups is 5. The van der Waals surface area contributed by atoms with E-state index in [1.54, 1.807) is 18.2 Å². The number of allylic oxidation sites excluding steroid dienone is 1. The molecule has 15 heteroatoms. The summed E-state index contributed by atoms with van der Waals surface area (Å²) in [4.78, 5) is 61.4. The predicted molar refractivity (Wildman–Crippen MR) is 242 cm³/mol. The van der Waals surface area contributed by atoms with Gasteiger partial charge < -0.3 is 29.2 Å². The fourth-order valence-electron chi connectivity index (χ4n) is 7.64. The number of likely N-dealkylation sites (tertiary alicyclic amines) is 1. The Balaban J connectivity index is 0.000000235. The van der Waals surface area contributed by atoms with Crippen LogP contribution in [0.25, 0.3) is 11.1 Å². The number of fused-ring (bicyclic) bond motifs is 1. The summed E-state index contributed by atoms with van der Waals surface area (Å²) in [6.45, 7) is 2.25. The molecule has 5 aromatic rings. The summed E-state index contributed by atoms with van der Waals surface area (Å²) in [6, 6.07) is 34.5. The molecule has 12 nitrogen and oxygen atoms in total. The molecule has 1 saturated heterocycles. The minimum absolute atomic E-state index is 0.0253. The number of aliphatic carboxylic acids is 2. The van der Waals surface area contributed by atoms with Gasteiger partial charge in [0.1, 0.15) is 11.9 Å². The lowest BCUT2D eigenvalue weighted by molar-refractivity contribution is -0.166. The summed E-state index contributed by atoms with van der Waals surface area (Å²) < 4.78 is 33.3. The summed E-state index contributed by atoms with van der Waals surface area (Å²) in [5.41, 5.74) is 7.02. The van der Waals surface area contributed by atoms with Gasteiger partial charge in [0, 0.05) is 29.7 Å². The van der Waals surface area contributed by atoms with E-state index in [-0.39, 0.29) is 29.9 Å². The molecule has 0 bridgehead atoms. The third-order valence-corrected chi connectivity index (χ3v) is 11.3. The number of rotatable bonds is 15. The first kappa shape index (κ1) is 47.9. The molecule has 1 aliphatic heterocycles. The third-order valence-electron chi connectivity index (χ3n) is 10.8. The highest BCUT2D eigenvalue weighted by Gasteiger charge is 2.41. The number of benzene rings is 5. The maximum Gasteiger partial charge on any atom is 0.349 e. The van der Waals surface area contributed by atoms with E-state index in [9.17, 15) is 38.6 Å². The van der Waals surface area contributed by atoms with Crippen molar-refractivity contribution in [1.29, 1.82) is 0 Å². The molecule has 65 heavy (non-hydrogen) atoms. The summed E-state index contributed by atoms with van der Waals surface area (Å²) >= 11 is 12.9. The normalized spacial score (nSPS) is 15.5. The number of carboxylic acid groups (broad SMARTS) is 2. The maximum atomic E-state index is 12.6. The van der Waals surface area contributed by atoms with Gasteiger partial charge in [-0.15, -0.1) is 0 Å². The molecule has 2 N–H and O–H groups in total. The number of hydrogen-bond acceptors (Lipinski definition) is 10. The standard InChI is InChI=1S/C32H32Cl2FNO3.C18H14O8/c1-38-32(37)23-8-12-27-22(18-23)4-2-5-29(28-13-9-24(33)19-30(28)34)31(27)21-6-10-25(11-7-21)39-26-14-17-36(20-26)16-3-15-35;19-15(20)13(25-17(23)11-7-3-1-4-8-11)14(16(21)22)26-18(24)12-9-5-2-6-10-12/h6-13,18-19,26H,2-5,14-17,20H2,1H3;1-10,13-14H,(H,19,20)(H,21,22)/t26-;13-,14-/m00/s1. The van der Waals surface area contributed by atoms with E-state index in [1.165, 1.54) is 55.6 Å². The van der Waals surface area contributed by atoms with Crippen LogP contribution in [0.15, 0.2) is 121 Å². The minimum atomic E-state index is -2.21. The first-order valence-corrected chi connectivity index (χ1v) is 21.6. The lowest BCUT2D eigenvalue weighted by Gasteiger charge is -2.21. The van der Waals surface area contributed by atoms with Gasteiger partial charge in [-0.2, -0.15) is 0 Å². The summed E-state index contributed by atoms with van der Waals surface area (Å²) in [5, 5.41) is 19.7. The van der Waals surface area contributed by atoms with Crippen LogP contribution in [0.4, 0.5) is 4.39 Å². The van der Waals surface area contributed by atoms with Gasteiger partial charge in [0.25, 0.3) is 0 Å². The molecular weight excluding hydrogens is 880 g/mol. The minimum Gasteiger partial charge on any atom is -0.489 e. The molecule has 3 atom stereocenters. The van der Waals surface area contributed by atoms with Gasteiger partial charge in [-0.3, -0.25) is 9.29 Å². The number of methoxy groups -OCH3 is 1. The van der Waals surface area contributed by atoms with Crippen LogP contribution in [0.1, 0.15) is 79.0 Å². The highest BCUT2D eigenvalue weighted by Crippen LogP contribution is 2.43. The van der Waals surface area contributed by atoms with Crippen LogP contribution in [0.3, 0.4) is 0 Å². The van der Waals surface area contributed by atoms with Crippen molar-refractivity contribution in [3.8, 4) is 5.75 Å². The van der Waals surface area contributed by atoms with Crippen molar-refractivity contribution >= 4 is 64.2 Å². The number of aryl methyl sites for hydroxylation is 1. The number of carboxylic acids is 2. The van der Waals surface area contributed by atoms with Crippen molar-refractivity contribution in [3.63, 3.8) is 0 Å². The first-order valence-electron chi connectivity index (χ1n) is 20.8. The molecule has 1 heterocycles. The van der Waals surface area contributed by atoms with E-state index in [1.807, 2.05) is 42.5 Å². The lowest BCUT2D eigenvalue weighted by Crippen LogP contribution is -2.45. The Labute approximate surface area is 385 Å². The summed E-state index contributed by atoms with van der Waals surface area (Å²) in [7, 11) is 1.40. The van der Waals surface area contributed by atoms with Crippen molar-refractivity contribution in [1.82, 2.24) is 4.90 Å². The monoisotopic (exact) mass is 925 g/mol. The fraction of sp³-hybridized carbons (Fsp3) is 0.260. The molecule has 0 amide bonds. The zero-order chi connectivity index (χ0) is 46.5. The fourth-order valence-corrected chi connectivity index (χ4v) is 8.16. The smallest absolute Gasteiger partial charge is 0.349 e. The zero-order valence-electron chi connectivity index (χ0n) is 35.3. The molecule has 2 aliphatic rings. The highest BCUT2D eigenvalue weighted by atomic mass is 35.5. The van der Waals surface area contributed by atoms with Crippen LogP contribution in [0.2, 0.25) is 10.0 Å². The first-order chi connectivity index (χ1) is 31.4. The van der Waals surface area contributed by atoms with Gasteiger partial charge in [0.05, 0.1) is 30.5 Å². The van der Waals surface area contributed by atoms with Crippen molar-refractivity contribution < 1.29 is 57.5 Å². The number of carbonyl (C=O) groups excluding carboxylic acids is 3. The van der Waals surface area contributed by atoms with Crippen molar-refractivity contribution in [2.24, 2.45) is 0 Å². The number of alkyl halides is 1. The Bertz CT molecular complexity index is 2450. The number of esters is 3. The second-order valence-corrected chi connectivity index (χ2v) is 16.0. The molecule has 0 radical (unpaired) electrons. The molecule has 1 fully saturated rings. The summed E-state index contributed by atoms with van der Waals surface area (Å²) in [5.74, 6) is -5.16. The number of halogens is 3. The molecular formula is C50H46Cl2FNO11. The van der Waals surface area contributed by atoms with Crippen LogP contribution in [0, 0.1) is 0 Å². The van der Waals surface area contributed by atoms with E-state index in [2.05, 4.69) is 17.0 Å². The lowest BCUT2D eigenvalue weighted by atomic mass is 9.87. The van der Waals surface area contributed by atoms with Crippen LogP contribution < -0.4 is 4.74 Å². The Hall–Kier alpha value is -6.54. The highest BCUT2D eigenvalue weighted by molar-refractivity contribution is 6.36. The average Bonchev–Trinajstić information content (AvgIpc) is 3.68. The maximum absolute atomic E-state index is 12.6. The largest absolute Gasteiger partial charge is 0.489 e. The summed E-state index contributed by atoms with van der Waals surface area (Å²) in [6.07, 6.45) is -0.243. The Morgan fingerprint density at radius 3 is 1.88 bits per heavy atom. The van der Waals surface area contributed by atoms with Gasteiger partial charge in [-0.05, 0) is 126 Å².